The van der Waals surface area contributed by atoms with E-state index in [-0.39, 0.29) is 23.5 Å². The number of nitrogens with zero attached hydrogens (tertiary/aromatic N) is 2. The summed E-state index contributed by atoms with van der Waals surface area (Å²) in [5, 5.41) is 0. The van der Waals surface area contributed by atoms with Crippen LogP contribution in [0.15, 0.2) is 18.2 Å². The molecule has 32 heavy (non-hydrogen) atoms. The summed E-state index contributed by atoms with van der Waals surface area (Å²) >= 11 is 0. The predicted octanol–water partition coefficient (Wildman–Crippen LogP) is 3.21. The van der Waals surface area contributed by atoms with Gasteiger partial charge in [0, 0.05) is 31.2 Å². The van der Waals surface area contributed by atoms with E-state index < -0.39 is 29.7 Å². The Morgan fingerprint density at radius 3 is 2.34 bits per heavy atom. The molecule has 0 spiro atoms. The molecular formula is C23H34BFN2O5. The smallest absolute Gasteiger partial charge is 0.444 e. The molecule has 2 amide bonds. The molecule has 9 heteroatoms. The lowest BCUT2D eigenvalue weighted by Crippen LogP contribution is -2.42. The average molecular weight is 448 g/mol. The van der Waals surface area contributed by atoms with E-state index in [1.165, 1.54) is 18.2 Å². The van der Waals surface area contributed by atoms with Crippen molar-refractivity contribution in [2.45, 2.75) is 77.7 Å². The maximum atomic E-state index is 14.6. The second kappa shape index (κ2) is 8.34. The van der Waals surface area contributed by atoms with Gasteiger partial charge in [0.05, 0.1) is 17.2 Å². The van der Waals surface area contributed by atoms with Crippen LogP contribution < -0.4 is 5.46 Å². The van der Waals surface area contributed by atoms with Crippen molar-refractivity contribution in [3.63, 3.8) is 0 Å². The number of halogens is 1. The third-order valence-corrected chi connectivity index (χ3v) is 6.43. The fraction of sp³-hybridized carbons (Fsp3) is 0.652. The van der Waals surface area contributed by atoms with Gasteiger partial charge in [0.2, 0.25) is 0 Å². The number of likely N-dealkylation sites (N-methyl/N-ethyl adjacent to an activating group) is 1. The van der Waals surface area contributed by atoms with Crippen LogP contribution in [0.5, 0.6) is 0 Å². The zero-order valence-electron chi connectivity index (χ0n) is 20.3. The summed E-state index contributed by atoms with van der Waals surface area (Å²) < 4.78 is 32.0. The molecule has 0 aromatic heterocycles. The van der Waals surface area contributed by atoms with Crippen molar-refractivity contribution in [1.29, 1.82) is 0 Å². The summed E-state index contributed by atoms with van der Waals surface area (Å²) in [6.45, 7) is 13.9. The molecule has 2 saturated heterocycles. The van der Waals surface area contributed by atoms with Gasteiger partial charge in [-0.2, -0.15) is 0 Å². The summed E-state index contributed by atoms with van der Waals surface area (Å²) in [7, 11) is 0.802. The van der Waals surface area contributed by atoms with E-state index >= 15 is 0 Å². The van der Waals surface area contributed by atoms with Gasteiger partial charge in [-0.05, 0) is 73.1 Å². The highest BCUT2D eigenvalue weighted by Gasteiger charge is 2.52. The molecule has 2 aliphatic rings. The number of rotatable bonds is 3. The number of carbonyl (C=O) groups is 2. The standard InChI is InChI=1S/C23H34BFN2O5/c1-21(2,3)30-20(29)27-12-11-16(14-27)26(8)19(28)15-9-10-18(25)17(13-15)24-31-22(4,5)23(6,7)32-24/h9-10,13,16H,11-12,14H2,1-8H3. The van der Waals surface area contributed by atoms with E-state index in [2.05, 4.69) is 0 Å². The average Bonchev–Trinajstić information content (AvgIpc) is 3.22. The van der Waals surface area contributed by atoms with E-state index in [0.29, 0.717) is 25.1 Å². The molecule has 0 bridgehead atoms. The molecule has 2 heterocycles. The molecule has 0 aliphatic carbocycles. The van der Waals surface area contributed by atoms with Crippen molar-refractivity contribution in [3.05, 3.63) is 29.6 Å². The first-order chi connectivity index (χ1) is 14.6. The summed E-state index contributed by atoms with van der Waals surface area (Å²) in [6.07, 6.45) is 0.262. The summed E-state index contributed by atoms with van der Waals surface area (Å²) in [4.78, 5) is 28.7. The normalized spacial score (nSPS) is 22.2. The van der Waals surface area contributed by atoms with Gasteiger partial charge in [0.25, 0.3) is 5.91 Å². The van der Waals surface area contributed by atoms with E-state index in [0.717, 1.165) is 0 Å². The monoisotopic (exact) mass is 448 g/mol. The Labute approximate surface area is 190 Å². The van der Waals surface area contributed by atoms with E-state index in [9.17, 15) is 14.0 Å². The minimum absolute atomic E-state index is 0.152. The Morgan fingerprint density at radius 1 is 1.19 bits per heavy atom. The number of hydrogen-bond donors (Lipinski definition) is 0. The topological polar surface area (TPSA) is 68.3 Å². The van der Waals surface area contributed by atoms with Crippen LogP contribution in [-0.2, 0) is 14.0 Å². The van der Waals surface area contributed by atoms with Crippen molar-refractivity contribution in [3.8, 4) is 0 Å². The van der Waals surface area contributed by atoms with Gasteiger partial charge in [-0.1, -0.05) is 0 Å². The molecule has 7 nitrogen and oxygen atoms in total. The fourth-order valence-electron chi connectivity index (χ4n) is 3.75. The van der Waals surface area contributed by atoms with Crippen LogP contribution in [0.4, 0.5) is 9.18 Å². The fourth-order valence-corrected chi connectivity index (χ4v) is 3.75. The minimum Gasteiger partial charge on any atom is -0.444 e. The second-order valence-corrected chi connectivity index (χ2v) is 10.6. The third-order valence-electron chi connectivity index (χ3n) is 6.43. The number of benzene rings is 1. The third kappa shape index (κ3) is 4.93. The predicted molar refractivity (Wildman–Crippen MR) is 120 cm³/mol. The van der Waals surface area contributed by atoms with Crippen molar-refractivity contribution in [2.75, 3.05) is 20.1 Å². The molecule has 1 aromatic rings. The van der Waals surface area contributed by atoms with Gasteiger partial charge in [-0.15, -0.1) is 0 Å². The van der Waals surface area contributed by atoms with E-state index in [4.69, 9.17) is 14.0 Å². The van der Waals surface area contributed by atoms with E-state index in [1.807, 2.05) is 48.5 Å². The van der Waals surface area contributed by atoms with Crippen LogP contribution in [-0.4, -0.2) is 71.9 Å². The molecule has 1 unspecified atom stereocenters. The number of likely N-dealkylation sites (tertiary alicyclic amines) is 1. The largest absolute Gasteiger partial charge is 0.497 e. The lowest BCUT2D eigenvalue weighted by Gasteiger charge is -2.32. The highest BCUT2D eigenvalue weighted by molar-refractivity contribution is 6.62. The first-order valence-corrected chi connectivity index (χ1v) is 11.0. The number of amides is 2. The molecule has 1 aromatic carbocycles. The van der Waals surface area contributed by atoms with Gasteiger partial charge in [-0.3, -0.25) is 4.79 Å². The van der Waals surface area contributed by atoms with Crippen LogP contribution in [0.25, 0.3) is 0 Å². The van der Waals surface area contributed by atoms with Crippen LogP contribution in [0.3, 0.4) is 0 Å². The molecule has 3 rings (SSSR count). The van der Waals surface area contributed by atoms with Gasteiger partial charge in [0.1, 0.15) is 11.4 Å². The Hall–Kier alpha value is -2.13. The van der Waals surface area contributed by atoms with Crippen molar-refractivity contribution in [1.82, 2.24) is 9.80 Å². The Balaban J connectivity index is 1.72. The maximum Gasteiger partial charge on any atom is 0.497 e. The van der Waals surface area contributed by atoms with Gasteiger partial charge < -0.3 is 23.8 Å². The lowest BCUT2D eigenvalue weighted by molar-refractivity contribution is 0.00578. The minimum atomic E-state index is -0.896. The summed E-state index contributed by atoms with van der Waals surface area (Å²) in [6, 6.07) is 4.07. The lowest BCUT2D eigenvalue weighted by atomic mass is 9.78. The zero-order chi connectivity index (χ0) is 24.1. The van der Waals surface area contributed by atoms with Gasteiger partial charge in [-0.25, -0.2) is 9.18 Å². The van der Waals surface area contributed by atoms with Gasteiger partial charge >= 0.3 is 13.2 Å². The van der Waals surface area contributed by atoms with Gasteiger partial charge in [0.15, 0.2) is 0 Å². The maximum absolute atomic E-state index is 14.6. The highest BCUT2D eigenvalue weighted by atomic mass is 19.1. The molecule has 0 saturated carbocycles. The zero-order valence-corrected chi connectivity index (χ0v) is 20.3. The van der Waals surface area contributed by atoms with E-state index in [1.54, 1.807) is 16.8 Å². The summed E-state index contributed by atoms with van der Waals surface area (Å²) in [5.74, 6) is -0.738. The number of hydrogen-bond acceptors (Lipinski definition) is 5. The van der Waals surface area contributed by atoms with Crippen molar-refractivity contribution in [2.24, 2.45) is 0 Å². The molecule has 0 N–H and O–H groups in total. The first kappa shape index (κ1) is 24.5. The Kier molecular flexibility index (Phi) is 6.39. The number of ether oxygens (including phenoxy) is 1. The number of carbonyl (C=O) groups excluding carboxylic acids is 2. The van der Waals surface area contributed by atoms with Crippen molar-refractivity contribution >= 4 is 24.6 Å². The van der Waals surface area contributed by atoms with Crippen LogP contribution >= 0.6 is 0 Å². The molecular weight excluding hydrogens is 414 g/mol. The van der Waals surface area contributed by atoms with Crippen LogP contribution in [0.1, 0.15) is 65.2 Å². The van der Waals surface area contributed by atoms with Crippen molar-refractivity contribution < 1.29 is 28.0 Å². The van der Waals surface area contributed by atoms with Crippen LogP contribution in [0.2, 0.25) is 0 Å². The quantitative estimate of drug-likeness (QED) is 0.665. The highest BCUT2D eigenvalue weighted by Crippen LogP contribution is 2.36. The molecule has 2 aliphatic heterocycles. The van der Waals surface area contributed by atoms with Crippen LogP contribution in [0, 0.1) is 5.82 Å². The second-order valence-electron chi connectivity index (χ2n) is 10.6. The SMILES string of the molecule is CN(C(=O)c1ccc(F)c(B2OC(C)(C)C(C)(C)O2)c1)C1CCN(C(=O)OC(C)(C)C)C1. The molecule has 176 valence electrons. The molecule has 0 radical (unpaired) electrons. The molecule has 1 atom stereocenters. The Morgan fingerprint density at radius 2 is 1.78 bits per heavy atom. The first-order valence-electron chi connectivity index (χ1n) is 11.0. The molecule has 2 fully saturated rings. The Bertz CT molecular complexity index is 883. The summed E-state index contributed by atoms with van der Waals surface area (Å²) in [5.41, 5.74) is -1.26.